The van der Waals surface area contributed by atoms with E-state index in [0.717, 1.165) is 18.8 Å². The Morgan fingerprint density at radius 2 is 2.43 bits per heavy atom. The molecule has 2 N–H and O–H groups in total. The third-order valence-electron chi connectivity index (χ3n) is 2.49. The van der Waals surface area contributed by atoms with Gasteiger partial charge in [0.25, 0.3) is 0 Å². The summed E-state index contributed by atoms with van der Waals surface area (Å²) >= 11 is 0. The molecule has 78 valence electrons. The van der Waals surface area contributed by atoms with E-state index in [0.29, 0.717) is 13.1 Å². The minimum Gasteiger partial charge on any atom is -0.394 e. The molecule has 5 nitrogen and oxygen atoms in total. The first-order valence-electron chi connectivity index (χ1n) is 4.87. The molecule has 5 heteroatoms. The topological polar surface area (TPSA) is 61.5 Å². The van der Waals surface area contributed by atoms with E-state index in [2.05, 4.69) is 10.00 Å². The van der Waals surface area contributed by atoms with E-state index in [9.17, 15) is 5.11 Å². The summed E-state index contributed by atoms with van der Waals surface area (Å²) in [5.74, 6) is 0.982. The van der Waals surface area contributed by atoms with Crippen LogP contribution < -0.4 is 4.90 Å². The fourth-order valence-electron chi connectivity index (χ4n) is 1.81. The maximum atomic E-state index is 9.40. The molecule has 0 spiro atoms. The molecular formula is C9H15N3O2. The molecule has 1 fully saturated rings. The molecule has 0 radical (unpaired) electrons. The number of aliphatic hydroxyl groups excluding tert-OH is 2. The largest absolute Gasteiger partial charge is 0.394 e. The molecule has 2 heterocycles. The van der Waals surface area contributed by atoms with Crippen LogP contribution in [0.4, 0.5) is 5.82 Å². The number of rotatable bonds is 3. The summed E-state index contributed by atoms with van der Waals surface area (Å²) < 4.78 is 1.76. The lowest BCUT2D eigenvalue weighted by Gasteiger charge is -2.18. The van der Waals surface area contributed by atoms with Gasteiger partial charge in [-0.25, -0.2) is 4.68 Å². The Hall–Kier alpha value is -1.07. The highest BCUT2D eigenvalue weighted by Crippen LogP contribution is 2.19. The summed E-state index contributed by atoms with van der Waals surface area (Å²) in [5.41, 5.74) is 0. The number of aliphatic hydroxyl groups is 2. The van der Waals surface area contributed by atoms with E-state index in [1.54, 1.807) is 10.9 Å². The van der Waals surface area contributed by atoms with E-state index in [1.165, 1.54) is 0 Å². The van der Waals surface area contributed by atoms with Crippen LogP contribution in [0.1, 0.15) is 6.42 Å². The van der Waals surface area contributed by atoms with Gasteiger partial charge in [-0.05, 0) is 6.42 Å². The predicted octanol–water partition coefficient (Wildman–Crippen LogP) is -0.554. The van der Waals surface area contributed by atoms with Gasteiger partial charge >= 0.3 is 0 Å². The van der Waals surface area contributed by atoms with E-state index < -0.39 is 0 Å². The predicted molar refractivity (Wildman–Crippen MR) is 52.1 cm³/mol. The van der Waals surface area contributed by atoms with Gasteiger partial charge in [0.15, 0.2) is 0 Å². The molecule has 1 saturated heterocycles. The van der Waals surface area contributed by atoms with Crippen molar-refractivity contribution in [2.45, 2.75) is 19.1 Å². The maximum Gasteiger partial charge on any atom is 0.127 e. The van der Waals surface area contributed by atoms with Gasteiger partial charge in [-0.15, -0.1) is 0 Å². The van der Waals surface area contributed by atoms with Crippen LogP contribution in [0.15, 0.2) is 12.3 Å². The number of nitrogens with zero attached hydrogens (tertiary/aromatic N) is 3. The van der Waals surface area contributed by atoms with Gasteiger partial charge in [0.2, 0.25) is 0 Å². The van der Waals surface area contributed by atoms with Crippen LogP contribution >= 0.6 is 0 Å². The molecule has 14 heavy (non-hydrogen) atoms. The molecule has 0 aliphatic carbocycles. The van der Waals surface area contributed by atoms with E-state index >= 15 is 0 Å². The van der Waals surface area contributed by atoms with Crippen molar-refractivity contribution in [2.24, 2.45) is 0 Å². The Kier molecular flexibility index (Phi) is 2.69. The number of β-amino-alcohol motifs (C(OH)–C–C–N with tert-alkyl or cyclic N) is 1. The summed E-state index contributed by atoms with van der Waals surface area (Å²) in [6, 6.07) is 1.91. The summed E-state index contributed by atoms with van der Waals surface area (Å²) in [6.45, 7) is 2.12. The highest BCUT2D eigenvalue weighted by molar-refractivity contribution is 5.39. The summed E-state index contributed by atoms with van der Waals surface area (Å²) in [4.78, 5) is 2.09. The molecule has 2 rings (SSSR count). The molecule has 0 aromatic carbocycles. The number of aromatic nitrogens is 2. The Morgan fingerprint density at radius 3 is 3.07 bits per heavy atom. The van der Waals surface area contributed by atoms with Crippen molar-refractivity contribution in [1.82, 2.24) is 9.78 Å². The number of hydrogen-bond donors (Lipinski definition) is 2. The van der Waals surface area contributed by atoms with Crippen molar-refractivity contribution in [3.63, 3.8) is 0 Å². The van der Waals surface area contributed by atoms with Crippen molar-refractivity contribution in [2.75, 3.05) is 24.6 Å². The monoisotopic (exact) mass is 197 g/mol. The van der Waals surface area contributed by atoms with Gasteiger partial charge in [0.1, 0.15) is 5.82 Å². The van der Waals surface area contributed by atoms with Gasteiger partial charge in [-0.1, -0.05) is 0 Å². The average molecular weight is 197 g/mol. The summed E-state index contributed by atoms with van der Waals surface area (Å²) in [6.07, 6.45) is 2.30. The zero-order chi connectivity index (χ0) is 9.97. The van der Waals surface area contributed by atoms with Crippen LogP contribution in [-0.4, -0.2) is 45.8 Å². The van der Waals surface area contributed by atoms with E-state index in [1.807, 2.05) is 6.07 Å². The van der Waals surface area contributed by atoms with E-state index in [4.69, 9.17) is 5.11 Å². The quantitative estimate of drug-likeness (QED) is 0.682. The zero-order valence-electron chi connectivity index (χ0n) is 8.00. The Morgan fingerprint density at radius 1 is 1.57 bits per heavy atom. The molecule has 1 aliphatic rings. The van der Waals surface area contributed by atoms with Crippen LogP contribution in [0, 0.1) is 0 Å². The first-order chi connectivity index (χ1) is 6.81. The summed E-state index contributed by atoms with van der Waals surface area (Å²) in [5, 5.41) is 22.3. The third kappa shape index (κ3) is 1.73. The molecular weight excluding hydrogens is 182 g/mol. The number of hydrogen-bond acceptors (Lipinski definition) is 4. The molecule has 1 aromatic rings. The van der Waals surface area contributed by atoms with Crippen LogP contribution in [-0.2, 0) is 6.54 Å². The zero-order valence-corrected chi connectivity index (χ0v) is 8.00. The molecule has 0 saturated carbocycles. The lowest BCUT2D eigenvalue weighted by molar-refractivity contribution is 0.198. The SMILES string of the molecule is OCCn1nccc1N1CCC(O)C1. The van der Waals surface area contributed by atoms with Crippen molar-refractivity contribution < 1.29 is 10.2 Å². The first kappa shape index (κ1) is 9.48. The van der Waals surface area contributed by atoms with Gasteiger partial charge in [0.05, 0.1) is 25.5 Å². The van der Waals surface area contributed by atoms with Crippen molar-refractivity contribution in [1.29, 1.82) is 0 Å². The minimum absolute atomic E-state index is 0.0884. The summed E-state index contributed by atoms with van der Waals surface area (Å²) in [7, 11) is 0. The van der Waals surface area contributed by atoms with Gasteiger partial charge in [0, 0.05) is 19.2 Å². The van der Waals surface area contributed by atoms with Crippen molar-refractivity contribution >= 4 is 5.82 Å². The second-order valence-electron chi connectivity index (χ2n) is 3.52. The van der Waals surface area contributed by atoms with Crippen molar-refractivity contribution in [3.8, 4) is 0 Å². The highest BCUT2D eigenvalue weighted by atomic mass is 16.3. The van der Waals surface area contributed by atoms with Crippen LogP contribution in [0.25, 0.3) is 0 Å². The molecule has 1 atom stereocenters. The Labute approximate surface area is 82.6 Å². The molecule has 1 aromatic heterocycles. The van der Waals surface area contributed by atoms with Gasteiger partial charge in [-0.3, -0.25) is 0 Å². The normalized spacial score (nSPS) is 21.9. The molecule has 0 amide bonds. The average Bonchev–Trinajstić information content (AvgIpc) is 2.74. The molecule has 0 bridgehead atoms. The van der Waals surface area contributed by atoms with Crippen LogP contribution in [0.5, 0.6) is 0 Å². The third-order valence-corrected chi connectivity index (χ3v) is 2.49. The molecule has 1 aliphatic heterocycles. The van der Waals surface area contributed by atoms with Crippen LogP contribution in [0.3, 0.4) is 0 Å². The second-order valence-corrected chi connectivity index (χ2v) is 3.52. The fraction of sp³-hybridized carbons (Fsp3) is 0.667. The van der Waals surface area contributed by atoms with Crippen LogP contribution in [0.2, 0.25) is 0 Å². The smallest absolute Gasteiger partial charge is 0.127 e. The van der Waals surface area contributed by atoms with Crippen molar-refractivity contribution in [3.05, 3.63) is 12.3 Å². The highest BCUT2D eigenvalue weighted by Gasteiger charge is 2.22. The standard InChI is InChI=1S/C9H15N3O2/c13-6-5-12-9(1-3-10-12)11-4-2-8(14)7-11/h1,3,8,13-14H,2,4-7H2. The lowest BCUT2D eigenvalue weighted by Crippen LogP contribution is -2.24. The minimum atomic E-state index is -0.229. The molecule has 1 unspecified atom stereocenters. The van der Waals surface area contributed by atoms with Gasteiger partial charge in [-0.2, -0.15) is 5.10 Å². The Bertz CT molecular complexity index is 300. The number of anilines is 1. The fourth-order valence-corrected chi connectivity index (χ4v) is 1.81. The maximum absolute atomic E-state index is 9.40. The lowest BCUT2D eigenvalue weighted by atomic mass is 10.3. The first-order valence-corrected chi connectivity index (χ1v) is 4.87. The van der Waals surface area contributed by atoms with E-state index in [-0.39, 0.29) is 12.7 Å². The Balaban J connectivity index is 2.11. The second kappa shape index (κ2) is 3.98. The van der Waals surface area contributed by atoms with Gasteiger partial charge < -0.3 is 15.1 Å².